The third-order valence-electron chi connectivity index (χ3n) is 3.98. The highest BCUT2D eigenvalue weighted by atomic mass is 19.1. The number of nitrogens with zero attached hydrogens (tertiary/aromatic N) is 3. The van der Waals surface area contributed by atoms with Crippen molar-refractivity contribution in [2.45, 2.75) is 6.42 Å². The molecule has 4 N–H and O–H groups in total. The molecule has 2 aromatic heterocycles. The standard InChI is InChI=1S/C19H17FN6O/c20-17-4-1-5-18(24-17)27-15-8-6-13(7-9-15)11-14-12-23-25-26(14)16-3-2-10-22-19(16)21/h1-10,12,23,25H,11H2,(H2,21,22). The molecule has 1 aliphatic rings. The van der Waals surface area contributed by atoms with Gasteiger partial charge in [-0.1, -0.05) is 18.2 Å². The van der Waals surface area contributed by atoms with E-state index in [0.717, 1.165) is 16.9 Å². The zero-order valence-corrected chi connectivity index (χ0v) is 14.3. The van der Waals surface area contributed by atoms with Crippen LogP contribution in [0.2, 0.25) is 0 Å². The fourth-order valence-corrected chi connectivity index (χ4v) is 2.71. The molecule has 136 valence electrons. The lowest BCUT2D eigenvalue weighted by Crippen LogP contribution is -2.38. The molecule has 0 bridgehead atoms. The van der Waals surface area contributed by atoms with Gasteiger partial charge in [-0.2, -0.15) is 9.37 Å². The molecule has 1 aliphatic heterocycles. The second kappa shape index (κ2) is 7.30. The summed E-state index contributed by atoms with van der Waals surface area (Å²) in [5, 5.41) is 1.85. The summed E-state index contributed by atoms with van der Waals surface area (Å²) in [7, 11) is 0. The number of allylic oxidation sites excluding steroid dienone is 1. The highest BCUT2D eigenvalue weighted by molar-refractivity contribution is 5.66. The van der Waals surface area contributed by atoms with E-state index in [-0.39, 0.29) is 5.88 Å². The molecule has 0 amide bonds. The van der Waals surface area contributed by atoms with Gasteiger partial charge in [-0.3, -0.25) is 5.01 Å². The highest BCUT2D eigenvalue weighted by Gasteiger charge is 2.19. The first kappa shape index (κ1) is 16.8. The fourth-order valence-electron chi connectivity index (χ4n) is 2.71. The number of hydrogen-bond acceptors (Lipinski definition) is 7. The molecule has 1 aromatic carbocycles. The van der Waals surface area contributed by atoms with Crippen LogP contribution in [0.3, 0.4) is 0 Å². The number of hydrogen-bond donors (Lipinski definition) is 3. The number of benzene rings is 1. The SMILES string of the molecule is Nc1ncccc1N1NNC=C1Cc1ccc(Oc2cccc(F)n2)cc1. The number of hydrazine groups is 2. The number of nitrogens with one attached hydrogen (secondary N) is 2. The molecule has 0 fully saturated rings. The Balaban J connectivity index is 1.46. The Morgan fingerprint density at radius 3 is 2.70 bits per heavy atom. The summed E-state index contributed by atoms with van der Waals surface area (Å²) in [5.74, 6) is 0.660. The minimum atomic E-state index is -0.577. The van der Waals surface area contributed by atoms with Crippen molar-refractivity contribution in [2.75, 3.05) is 10.7 Å². The van der Waals surface area contributed by atoms with Crippen molar-refractivity contribution in [1.29, 1.82) is 0 Å². The van der Waals surface area contributed by atoms with Gasteiger partial charge in [-0.25, -0.2) is 4.98 Å². The number of halogens is 1. The Morgan fingerprint density at radius 2 is 1.93 bits per heavy atom. The van der Waals surface area contributed by atoms with Crippen LogP contribution in [0.25, 0.3) is 0 Å². The van der Waals surface area contributed by atoms with Crippen molar-refractivity contribution in [1.82, 2.24) is 20.9 Å². The van der Waals surface area contributed by atoms with Gasteiger partial charge >= 0.3 is 0 Å². The molecule has 4 rings (SSSR count). The molecule has 0 spiro atoms. The fraction of sp³-hybridized carbons (Fsp3) is 0.0526. The summed E-state index contributed by atoms with van der Waals surface area (Å²) in [6.45, 7) is 0. The molecule has 3 heterocycles. The second-order valence-electron chi connectivity index (χ2n) is 5.86. The Hall–Kier alpha value is -3.65. The molecule has 27 heavy (non-hydrogen) atoms. The van der Waals surface area contributed by atoms with E-state index in [1.54, 1.807) is 18.3 Å². The zero-order valence-electron chi connectivity index (χ0n) is 14.3. The van der Waals surface area contributed by atoms with Crippen LogP contribution >= 0.6 is 0 Å². The molecule has 0 saturated carbocycles. The van der Waals surface area contributed by atoms with Gasteiger partial charge in [0.05, 0.1) is 5.70 Å². The van der Waals surface area contributed by atoms with Crippen LogP contribution < -0.4 is 26.4 Å². The van der Waals surface area contributed by atoms with E-state index in [1.165, 1.54) is 6.07 Å². The number of rotatable bonds is 5. The number of aromatic nitrogens is 2. The van der Waals surface area contributed by atoms with Gasteiger partial charge in [-0.15, -0.1) is 5.53 Å². The summed E-state index contributed by atoms with van der Waals surface area (Å²) in [5.41, 5.74) is 14.8. The molecule has 0 unspecified atom stereocenters. The van der Waals surface area contributed by atoms with E-state index in [2.05, 4.69) is 20.9 Å². The molecule has 0 radical (unpaired) electrons. The Labute approximate surface area is 155 Å². The minimum Gasteiger partial charge on any atom is -0.439 e. The molecule has 3 aromatic rings. The zero-order chi connectivity index (χ0) is 18.6. The van der Waals surface area contributed by atoms with Gasteiger partial charge in [0.15, 0.2) is 0 Å². The van der Waals surface area contributed by atoms with Gasteiger partial charge in [0.2, 0.25) is 11.8 Å². The summed E-state index contributed by atoms with van der Waals surface area (Å²) < 4.78 is 18.7. The van der Waals surface area contributed by atoms with E-state index >= 15 is 0 Å². The van der Waals surface area contributed by atoms with Crippen LogP contribution in [0.4, 0.5) is 15.9 Å². The van der Waals surface area contributed by atoms with Crippen LogP contribution in [-0.4, -0.2) is 9.97 Å². The predicted molar refractivity (Wildman–Crippen MR) is 99.9 cm³/mol. The Bertz CT molecular complexity index is 976. The average molecular weight is 364 g/mol. The number of pyridine rings is 2. The highest BCUT2D eigenvalue weighted by Crippen LogP contribution is 2.26. The van der Waals surface area contributed by atoms with Gasteiger partial charge < -0.3 is 15.9 Å². The van der Waals surface area contributed by atoms with E-state index in [9.17, 15) is 4.39 Å². The molecular formula is C19H17FN6O. The molecule has 0 saturated heterocycles. The first-order valence-electron chi connectivity index (χ1n) is 8.29. The lowest BCUT2D eigenvalue weighted by atomic mass is 10.1. The van der Waals surface area contributed by atoms with Crippen molar-refractivity contribution in [3.63, 3.8) is 0 Å². The van der Waals surface area contributed by atoms with Crippen molar-refractivity contribution in [3.8, 4) is 11.6 Å². The molecule has 0 aliphatic carbocycles. The van der Waals surface area contributed by atoms with Crippen molar-refractivity contribution < 1.29 is 9.13 Å². The first-order chi connectivity index (χ1) is 13.2. The molecule has 0 atom stereocenters. The number of nitrogens with two attached hydrogens (primary N) is 1. The smallest absolute Gasteiger partial charge is 0.221 e. The maximum absolute atomic E-state index is 13.1. The van der Waals surface area contributed by atoms with Crippen LogP contribution in [0.15, 0.2) is 72.7 Å². The topological polar surface area (TPSA) is 88.3 Å². The van der Waals surface area contributed by atoms with Crippen LogP contribution in [0.1, 0.15) is 5.56 Å². The van der Waals surface area contributed by atoms with Crippen LogP contribution in [0, 0.1) is 5.95 Å². The molecular weight excluding hydrogens is 347 g/mol. The Kier molecular flexibility index (Phi) is 4.54. The maximum Gasteiger partial charge on any atom is 0.221 e. The van der Waals surface area contributed by atoms with E-state index in [1.807, 2.05) is 47.6 Å². The third kappa shape index (κ3) is 3.80. The lowest BCUT2D eigenvalue weighted by molar-refractivity contribution is 0.445. The third-order valence-corrected chi connectivity index (χ3v) is 3.98. The Morgan fingerprint density at radius 1 is 1.07 bits per heavy atom. The van der Waals surface area contributed by atoms with E-state index in [4.69, 9.17) is 10.5 Å². The maximum atomic E-state index is 13.1. The van der Waals surface area contributed by atoms with Crippen molar-refractivity contribution >= 4 is 11.5 Å². The monoisotopic (exact) mass is 364 g/mol. The first-order valence-corrected chi connectivity index (χ1v) is 8.29. The average Bonchev–Trinajstić information content (AvgIpc) is 3.12. The minimum absolute atomic E-state index is 0.216. The summed E-state index contributed by atoms with van der Waals surface area (Å²) in [6.07, 6.45) is 4.18. The number of ether oxygens (including phenoxy) is 1. The largest absolute Gasteiger partial charge is 0.439 e. The van der Waals surface area contributed by atoms with Crippen LogP contribution in [0.5, 0.6) is 11.6 Å². The second-order valence-corrected chi connectivity index (χ2v) is 5.86. The number of nitrogen functional groups attached to an aromatic ring is 1. The summed E-state index contributed by atoms with van der Waals surface area (Å²) >= 11 is 0. The van der Waals surface area contributed by atoms with Gasteiger partial charge in [-0.05, 0) is 35.9 Å². The lowest BCUT2D eigenvalue weighted by Gasteiger charge is -2.22. The molecule has 7 nitrogen and oxygen atoms in total. The van der Waals surface area contributed by atoms with Crippen LogP contribution in [-0.2, 0) is 6.42 Å². The predicted octanol–water partition coefficient (Wildman–Crippen LogP) is 2.90. The van der Waals surface area contributed by atoms with E-state index in [0.29, 0.717) is 18.0 Å². The van der Waals surface area contributed by atoms with Crippen molar-refractivity contribution in [3.05, 3.63) is 84.2 Å². The van der Waals surface area contributed by atoms with Gasteiger partial charge in [0.25, 0.3) is 0 Å². The van der Waals surface area contributed by atoms with Gasteiger partial charge in [0.1, 0.15) is 17.3 Å². The molecule has 8 heteroatoms. The van der Waals surface area contributed by atoms with Gasteiger partial charge in [0, 0.05) is 24.9 Å². The number of anilines is 2. The normalized spacial score (nSPS) is 13.2. The quantitative estimate of drug-likeness (QED) is 0.600. The summed E-state index contributed by atoms with van der Waals surface area (Å²) in [6, 6.07) is 15.7. The van der Waals surface area contributed by atoms with Crippen molar-refractivity contribution in [2.24, 2.45) is 0 Å². The van der Waals surface area contributed by atoms with E-state index < -0.39 is 5.95 Å². The summed E-state index contributed by atoms with van der Waals surface area (Å²) in [4.78, 5) is 7.80.